The number of hydrogen-bond donors (Lipinski definition) is 2. The Morgan fingerprint density at radius 1 is 0.900 bits per heavy atom. The average molecular weight is 836 g/mol. The van der Waals surface area contributed by atoms with Crippen molar-refractivity contribution in [2.75, 3.05) is 20.8 Å². The van der Waals surface area contributed by atoms with Gasteiger partial charge in [-0.25, -0.2) is 9.18 Å². The number of aliphatic hydroxyl groups excluding tert-OH is 1. The number of nitrogens with zero attached hydrogens (tertiary/aromatic N) is 5. The van der Waals surface area contributed by atoms with Crippen LogP contribution in [-0.4, -0.2) is 61.1 Å². The van der Waals surface area contributed by atoms with Gasteiger partial charge in [-0.05, 0) is 130 Å². The summed E-state index contributed by atoms with van der Waals surface area (Å²) >= 11 is 7.21. The minimum absolute atomic E-state index is 0.0371. The lowest BCUT2D eigenvalue weighted by Crippen LogP contribution is -2.28. The van der Waals surface area contributed by atoms with E-state index in [-0.39, 0.29) is 24.8 Å². The number of aromatic nitrogens is 5. The first kappa shape index (κ1) is 42.4. The molecule has 0 fully saturated rings. The SMILES string of the molecule is COC(=O)c1c(C)c2c(-c3c([C@](C)(CCc4cc(CCc5cc(O)c6ccc(F)cc6c5)n(C)n4)OCc4ccc(OC)cc4)nn(C)c3C)c(Cl)ccc2n1CCCO. The van der Waals surface area contributed by atoms with Gasteiger partial charge in [-0.3, -0.25) is 9.36 Å². The van der Waals surface area contributed by atoms with Crippen LogP contribution in [0.3, 0.4) is 0 Å². The molecule has 7 rings (SSSR count). The Bertz CT molecular complexity index is 2700. The average Bonchev–Trinajstić information content (AvgIpc) is 3.85. The van der Waals surface area contributed by atoms with Crippen molar-refractivity contribution in [1.29, 1.82) is 0 Å². The lowest BCUT2D eigenvalue weighted by Gasteiger charge is -2.30. The first-order valence-corrected chi connectivity index (χ1v) is 20.4. The van der Waals surface area contributed by atoms with Crippen LogP contribution in [0.15, 0.2) is 72.8 Å². The highest BCUT2D eigenvalue weighted by molar-refractivity contribution is 6.35. The summed E-state index contributed by atoms with van der Waals surface area (Å²) in [6.45, 7) is 6.60. The maximum atomic E-state index is 14.0. The third-order valence-corrected chi connectivity index (χ3v) is 12.0. The van der Waals surface area contributed by atoms with Crippen molar-refractivity contribution in [3.8, 4) is 22.6 Å². The molecule has 11 nitrogen and oxygen atoms in total. The molecule has 1 atom stereocenters. The van der Waals surface area contributed by atoms with Crippen LogP contribution in [0.5, 0.6) is 11.5 Å². The molecule has 0 saturated carbocycles. The molecule has 0 radical (unpaired) electrons. The van der Waals surface area contributed by atoms with E-state index in [1.807, 2.05) is 91.3 Å². The number of aryl methyl sites for hydroxylation is 7. The summed E-state index contributed by atoms with van der Waals surface area (Å²) < 4.78 is 37.3. The number of esters is 1. The van der Waals surface area contributed by atoms with Crippen molar-refractivity contribution in [2.45, 2.75) is 71.6 Å². The number of aliphatic hydroxyl groups is 1. The molecule has 0 aliphatic carbocycles. The van der Waals surface area contributed by atoms with E-state index in [1.165, 1.54) is 19.2 Å². The van der Waals surface area contributed by atoms with Gasteiger partial charge in [0.25, 0.3) is 0 Å². The molecule has 3 aromatic heterocycles. The molecule has 4 aromatic carbocycles. The predicted octanol–water partition coefficient (Wildman–Crippen LogP) is 9.07. The fourth-order valence-electron chi connectivity index (χ4n) is 8.27. The summed E-state index contributed by atoms with van der Waals surface area (Å²) in [4.78, 5) is 13.3. The first-order chi connectivity index (χ1) is 28.8. The molecule has 60 heavy (non-hydrogen) atoms. The molecule has 7 aromatic rings. The van der Waals surface area contributed by atoms with Gasteiger partial charge < -0.3 is 29.0 Å². The Hall–Kier alpha value is -5.69. The van der Waals surface area contributed by atoms with Crippen molar-refractivity contribution in [3.05, 3.63) is 129 Å². The minimum atomic E-state index is -0.971. The maximum Gasteiger partial charge on any atom is 0.354 e. The number of phenolic OH excluding ortho intramolecular Hbond substituents is 1. The van der Waals surface area contributed by atoms with Crippen molar-refractivity contribution in [3.63, 3.8) is 0 Å². The Morgan fingerprint density at radius 3 is 2.38 bits per heavy atom. The Morgan fingerprint density at radius 2 is 1.67 bits per heavy atom. The highest BCUT2D eigenvalue weighted by Crippen LogP contribution is 2.46. The van der Waals surface area contributed by atoms with Crippen LogP contribution in [0.4, 0.5) is 4.39 Å². The van der Waals surface area contributed by atoms with Crippen LogP contribution in [0.25, 0.3) is 32.8 Å². The molecule has 0 bridgehead atoms. The van der Waals surface area contributed by atoms with Gasteiger partial charge in [-0.2, -0.15) is 10.2 Å². The molecule has 0 amide bonds. The molecule has 0 spiro atoms. The zero-order valence-electron chi connectivity index (χ0n) is 35.1. The zero-order valence-corrected chi connectivity index (χ0v) is 35.9. The second-order valence-corrected chi connectivity index (χ2v) is 15.9. The number of hydrogen-bond acceptors (Lipinski definition) is 8. The topological polar surface area (TPSA) is 126 Å². The molecule has 2 N–H and O–H groups in total. The fourth-order valence-corrected chi connectivity index (χ4v) is 8.52. The van der Waals surface area contributed by atoms with E-state index in [4.69, 9.17) is 36.0 Å². The Balaban J connectivity index is 1.26. The minimum Gasteiger partial charge on any atom is -0.507 e. The Labute approximate surface area is 353 Å². The van der Waals surface area contributed by atoms with E-state index in [0.29, 0.717) is 65.8 Å². The summed E-state index contributed by atoms with van der Waals surface area (Å²) in [5, 5.41) is 33.0. The third-order valence-electron chi connectivity index (χ3n) is 11.7. The van der Waals surface area contributed by atoms with E-state index in [2.05, 4.69) is 6.07 Å². The van der Waals surface area contributed by atoms with Gasteiger partial charge in [0, 0.05) is 71.1 Å². The Kier molecular flexibility index (Phi) is 12.4. The number of benzene rings is 4. The number of halogens is 2. The van der Waals surface area contributed by atoms with E-state index < -0.39 is 11.6 Å². The van der Waals surface area contributed by atoms with Crippen LogP contribution in [0, 0.1) is 19.7 Å². The lowest BCUT2D eigenvalue weighted by molar-refractivity contribution is -0.0571. The summed E-state index contributed by atoms with van der Waals surface area (Å²) in [7, 11) is 6.82. The van der Waals surface area contributed by atoms with Gasteiger partial charge in [-0.1, -0.05) is 29.8 Å². The second-order valence-electron chi connectivity index (χ2n) is 15.5. The highest BCUT2D eigenvalue weighted by atomic mass is 35.5. The first-order valence-electron chi connectivity index (χ1n) is 20.0. The van der Waals surface area contributed by atoms with Gasteiger partial charge in [0.05, 0.1) is 26.5 Å². The predicted molar refractivity (Wildman–Crippen MR) is 231 cm³/mol. The largest absolute Gasteiger partial charge is 0.507 e. The number of rotatable bonds is 16. The van der Waals surface area contributed by atoms with Gasteiger partial charge >= 0.3 is 5.97 Å². The summed E-state index contributed by atoms with van der Waals surface area (Å²) in [5.41, 5.74) is 7.80. The van der Waals surface area contributed by atoms with Gasteiger partial charge in [0.1, 0.15) is 34.3 Å². The van der Waals surface area contributed by atoms with Crippen molar-refractivity contribution in [2.24, 2.45) is 14.1 Å². The number of fused-ring (bicyclic) bond motifs is 2. The molecular weight excluding hydrogens is 785 g/mol. The molecule has 0 saturated heterocycles. The van der Waals surface area contributed by atoms with Crippen LogP contribution in [0.1, 0.15) is 69.7 Å². The number of carbonyl (C=O) groups is 1. The molecule has 314 valence electrons. The van der Waals surface area contributed by atoms with E-state index in [1.54, 1.807) is 19.2 Å². The zero-order chi connectivity index (χ0) is 42.9. The van der Waals surface area contributed by atoms with Gasteiger partial charge in [0.2, 0.25) is 0 Å². The summed E-state index contributed by atoms with van der Waals surface area (Å²) in [5.74, 6) is 0.0542. The third kappa shape index (κ3) is 8.24. The molecule has 0 unspecified atom stereocenters. The monoisotopic (exact) mass is 835 g/mol. The standard InChI is InChI=1S/C47H51ClFN5O6/c1-28-41-39(54(21-8-22-55)44(28)46(57)59-7)18-17-38(48)43(41)42-29(2)52(4)51-45(42)47(3,60-27-30-10-14-36(58-6)15-11-30)20-19-34-26-35(53(5)50-34)13-9-31-23-32-25-33(49)12-16-37(32)40(56)24-31/h10-12,14-18,23-26,55-56H,8-9,13,19-22,27H2,1-7H3/t47-/m0/s1. The molecule has 0 aliphatic heterocycles. The molecule has 3 heterocycles. The number of methoxy groups -OCH3 is 2. The quantitative estimate of drug-likeness (QED) is 0.0925. The van der Waals surface area contributed by atoms with Crippen molar-refractivity contribution < 1.29 is 33.6 Å². The number of aromatic hydroxyl groups is 1. The second kappa shape index (κ2) is 17.5. The van der Waals surface area contributed by atoms with Crippen LogP contribution in [0.2, 0.25) is 5.02 Å². The van der Waals surface area contributed by atoms with Crippen molar-refractivity contribution >= 4 is 39.2 Å². The molecule has 0 aliphatic rings. The smallest absolute Gasteiger partial charge is 0.354 e. The fraction of sp³-hybridized carbons (Fsp3) is 0.340. The van der Waals surface area contributed by atoms with Crippen LogP contribution in [-0.2, 0) is 61.6 Å². The van der Waals surface area contributed by atoms with Crippen LogP contribution < -0.4 is 4.74 Å². The molecule has 13 heteroatoms. The normalized spacial score (nSPS) is 12.7. The summed E-state index contributed by atoms with van der Waals surface area (Å²) in [6.07, 6.45) is 2.79. The van der Waals surface area contributed by atoms with E-state index in [0.717, 1.165) is 61.6 Å². The van der Waals surface area contributed by atoms with E-state index in [9.17, 15) is 19.4 Å². The van der Waals surface area contributed by atoms with E-state index >= 15 is 0 Å². The molecular formula is C47H51ClFN5O6. The van der Waals surface area contributed by atoms with Gasteiger partial charge in [0.15, 0.2) is 0 Å². The number of ether oxygens (including phenoxy) is 3. The maximum absolute atomic E-state index is 14.0. The van der Waals surface area contributed by atoms with Crippen LogP contribution >= 0.6 is 11.6 Å². The lowest BCUT2D eigenvalue weighted by atomic mass is 9.87. The highest BCUT2D eigenvalue weighted by Gasteiger charge is 2.37. The number of carbonyl (C=O) groups excluding carboxylic acids is 1. The summed E-state index contributed by atoms with van der Waals surface area (Å²) in [6, 6.07) is 21.6. The van der Waals surface area contributed by atoms with Crippen molar-refractivity contribution in [1.82, 2.24) is 24.1 Å². The number of phenols is 1. The van der Waals surface area contributed by atoms with Gasteiger partial charge in [-0.15, -0.1) is 0 Å².